The molecule has 0 amide bonds. The van der Waals surface area contributed by atoms with Crippen LogP contribution in [0.5, 0.6) is 0 Å². The van der Waals surface area contributed by atoms with Gasteiger partial charge in [-0.15, -0.1) is 11.3 Å². The predicted molar refractivity (Wildman–Crippen MR) is 77.4 cm³/mol. The number of thiazole rings is 1. The number of fused-ring (bicyclic) bond motifs is 1. The largest absolute Gasteiger partial charge is 0.383 e. The third-order valence-electron chi connectivity index (χ3n) is 3.12. The van der Waals surface area contributed by atoms with E-state index in [-0.39, 0.29) is 0 Å². The summed E-state index contributed by atoms with van der Waals surface area (Å²) in [6.07, 6.45) is 1.09. The normalized spacial score (nSPS) is 12.8. The van der Waals surface area contributed by atoms with Crippen molar-refractivity contribution in [1.82, 2.24) is 9.97 Å². The number of pyridine rings is 1. The summed E-state index contributed by atoms with van der Waals surface area (Å²) in [5, 5.41) is 12.5. The molecule has 0 bridgehead atoms. The average molecular weight is 270 g/mol. The quantitative estimate of drug-likeness (QED) is 0.776. The van der Waals surface area contributed by atoms with Crippen molar-refractivity contribution in [2.24, 2.45) is 0 Å². The van der Waals surface area contributed by atoms with Crippen molar-refractivity contribution >= 4 is 22.2 Å². The second-order valence-electron chi connectivity index (χ2n) is 4.55. The molecule has 3 nitrogen and oxygen atoms in total. The molecule has 0 aliphatic carbocycles. The Balaban J connectivity index is 2.06. The van der Waals surface area contributed by atoms with Gasteiger partial charge in [-0.2, -0.15) is 0 Å². The molecule has 0 spiro atoms. The van der Waals surface area contributed by atoms with Gasteiger partial charge >= 0.3 is 0 Å². The molecule has 0 aliphatic rings. The zero-order chi connectivity index (χ0) is 13.4. The molecular weight excluding hydrogens is 256 g/mol. The number of aliphatic hydroxyl groups excluding tert-OH is 1. The van der Waals surface area contributed by atoms with Gasteiger partial charge in [0.2, 0.25) is 0 Å². The van der Waals surface area contributed by atoms with Gasteiger partial charge in [-0.05, 0) is 26.0 Å². The minimum absolute atomic E-state index is 0.650. The lowest BCUT2D eigenvalue weighted by Crippen LogP contribution is -2.00. The van der Waals surface area contributed by atoms with Crippen LogP contribution in [0.25, 0.3) is 10.9 Å². The third-order valence-corrected chi connectivity index (χ3v) is 4.24. The van der Waals surface area contributed by atoms with E-state index >= 15 is 0 Å². The van der Waals surface area contributed by atoms with Crippen LogP contribution in [-0.2, 0) is 0 Å². The van der Waals surface area contributed by atoms with Crippen LogP contribution in [0.2, 0.25) is 0 Å². The number of hydrogen-bond donors (Lipinski definition) is 1. The van der Waals surface area contributed by atoms with Gasteiger partial charge in [-0.1, -0.05) is 18.2 Å². The SMILES string of the molecule is Cc1nc(C)c(C(O)c2cnc3ccccc3c2)s1. The average Bonchev–Trinajstić information content (AvgIpc) is 2.76. The zero-order valence-corrected chi connectivity index (χ0v) is 11.6. The molecule has 2 aromatic heterocycles. The standard InChI is InChI=1S/C15H14N2OS/c1-9-15(19-10(2)17-9)14(18)12-7-11-5-3-4-6-13(11)16-8-12/h3-8,14,18H,1-2H3. The first-order valence-corrected chi connectivity index (χ1v) is 6.93. The molecule has 1 atom stereocenters. The molecule has 96 valence electrons. The fraction of sp³-hybridized carbons (Fsp3) is 0.200. The predicted octanol–water partition coefficient (Wildman–Crippen LogP) is 3.39. The molecule has 0 radical (unpaired) electrons. The lowest BCUT2D eigenvalue weighted by Gasteiger charge is -2.10. The number of rotatable bonds is 2. The smallest absolute Gasteiger partial charge is 0.117 e. The number of aliphatic hydroxyl groups is 1. The highest BCUT2D eigenvalue weighted by molar-refractivity contribution is 7.11. The monoisotopic (exact) mass is 270 g/mol. The van der Waals surface area contributed by atoms with Gasteiger partial charge in [-0.3, -0.25) is 4.98 Å². The van der Waals surface area contributed by atoms with Gasteiger partial charge in [-0.25, -0.2) is 4.98 Å². The van der Waals surface area contributed by atoms with E-state index in [1.54, 1.807) is 6.20 Å². The Labute approximate surface area is 115 Å². The van der Waals surface area contributed by atoms with E-state index in [9.17, 15) is 5.11 Å². The van der Waals surface area contributed by atoms with Crippen molar-refractivity contribution in [1.29, 1.82) is 0 Å². The first-order chi connectivity index (χ1) is 9.15. The van der Waals surface area contributed by atoms with E-state index in [2.05, 4.69) is 9.97 Å². The Morgan fingerprint density at radius 2 is 2.00 bits per heavy atom. The van der Waals surface area contributed by atoms with Gasteiger partial charge in [0.15, 0.2) is 0 Å². The van der Waals surface area contributed by atoms with Crippen molar-refractivity contribution in [3.63, 3.8) is 0 Å². The van der Waals surface area contributed by atoms with Crippen molar-refractivity contribution in [3.05, 3.63) is 57.7 Å². The summed E-state index contributed by atoms with van der Waals surface area (Å²) in [6.45, 7) is 3.88. The lowest BCUT2D eigenvalue weighted by atomic mass is 10.1. The summed E-state index contributed by atoms with van der Waals surface area (Å²) in [7, 11) is 0. The molecule has 1 N–H and O–H groups in total. The zero-order valence-electron chi connectivity index (χ0n) is 10.8. The Morgan fingerprint density at radius 1 is 1.21 bits per heavy atom. The van der Waals surface area contributed by atoms with E-state index in [1.165, 1.54) is 11.3 Å². The maximum Gasteiger partial charge on any atom is 0.117 e. The number of benzene rings is 1. The third kappa shape index (κ3) is 2.25. The first-order valence-electron chi connectivity index (χ1n) is 6.12. The number of aromatic nitrogens is 2. The molecule has 19 heavy (non-hydrogen) atoms. The summed E-state index contributed by atoms with van der Waals surface area (Å²) >= 11 is 1.53. The summed E-state index contributed by atoms with van der Waals surface area (Å²) in [5.74, 6) is 0. The van der Waals surface area contributed by atoms with Crippen molar-refractivity contribution < 1.29 is 5.11 Å². The highest BCUT2D eigenvalue weighted by atomic mass is 32.1. The Kier molecular flexibility index (Phi) is 3.05. The van der Waals surface area contributed by atoms with Gasteiger partial charge in [0.05, 0.1) is 21.1 Å². The lowest BCUT2D eigenvalue weighted by molar-refractivity contribution is 0.223. The van der Waals surface area contributed by atoms with E-state index in [0.717, 1.165) is 32.0 Å². The number of para-hydroxylation sites is 1. The van der Waals surface area contributed by atoms with Crippen LogP contribution in [-0.4, -0.2) is 15.1 Å². The molecular formula is C15H14N2OS. The van der Waals surface area contributed by atoms with Gasteiger partial charge in [0.25, 0.3) is 0 Å². The van der Waals surface area contributed by atoms with Crippen molar-refractivity contribution in [2.75, 3.05) is 0 Å². The molecule has 3 aromatic rings. The fourth-order valence-corrected chi connectivity index (χ4v) is 3.13. The van der Waals surface area contributed by atoms with Crippen molar-refractivity contribution in [3.8, 4) is 0 Å². The van der Waals surface area contributed by atoms with Crippen molar-refractivity contribution in [2.45, 2.75) is 20.0 Å². The van der Waals surface area contributed by atoms with E-state index in [4.69, 9.17) is 0 Å². The maximum absolute atomic E-state index is 10.5. The Hall–Kier alpha value is -1.78. The summed E-state index contributed by atoms with van der Waals surface area (Å²) in [5.41, 5.74) is 2.64. The molecule has 4 heteroatoms. The highest BCUT2D eigenvalue weighted by Gasteiger charge is 2.17. The Bertz CT molecular complexity index is 736. The summed E-state index contributed by atoms with van der Waals surface area (Å²) in [6, 6.07) is 9.89. The molecule has 0 fully saturated rings. The number of nitrogens with zero attached hydrogens (tertiary/aromatic N) is 2. The molecule has 1 aromatic carbocycles. The second kappa shape index (κ2) is 4.72. The summed E-state index contributed by atoms with van der Waals surface area (Å²) < 4.78 is 0. The topological polar surface area (TPSA) is 46.0 Å². The van der Waals surface area contributed by atoms with Crippen LogP contribution in [0, 0.1) is 13.8 Å². The van der Waals surface area contributed by atoms with Gasteiger partial charge in [0.1, 0.15) is 6.10 Å². The molecule has 0 aliphatic heterocycles. The van der Waals surface area contributed by atoms with Crippen LogP contribution in [0.15, 0.2) is 36.5 Å². The van der Waals surface area contributed by atoms with Crippen LogP contribution in [0.3, 0.4) is 0 Å². The van der Waals surface area contributed by atoms with Crippen LogP contribution < -0.4 is 0 Å². The van der Waals surface area contributed by atoms with Gasteiger partial charge in [0, 0.05) is 17.1 Å². The number of hydrogen-bond acceptors (Lipinski definition) is 4. The van der Waals surface area contributed by atoms with E-state index in [1.807, 2.05) is 44.2 Å². The first kappa shape index (κ1) is 12.3. The van der Waals surface area contributed by atoms with E-state index in [0.29, 0.717) is 0 Å². The Morgan fingerprint density at radius 3 is 2.74 bits per heavy atom. The van der Waals surface area contributed by atoms with Crippen LogP contribution >= 0.6 is 11.3 Å². The molecule has 3 rings (SSSR count). The van der Waals surface area contributed by atoms with Crippen LogP contribution in [0.4, 0.5) is 0 Å². The molecule has 2 heterocycles. The maximum atomic E-state index is 10.5. The summed E-state index contributed by atoms with van der Waals surface area (Å²) in [4.78, 5) is 9.64. The van der Waals surface area contributed by atoms with Crippen LogP contribution in [0.1, 0.15) is 27.2 Å². The van der Waals surface area contributed by atoms with Gasteiger partial charge < -0.3 is 5.11 Å². The minimum Gasteiger partial charge on any atom is -0.383 e. The van der Waals surface area contributed by atoms with E-state index < -0.39 is 6.10 Å². The minimum atomic E-state index is -0.650. The fourth-order valence-electron chi connectivity index (χ4n) is 2.19. The highest BCUT2D eigenvalue weighted by Crippen LogP contribution is 2.30. The number of aryl methyl sites for hydroxylation is 2. The molecule has 0 saturated carbocycles. The second-order valence-corrected chi connectivity index (χ2v) is 5.78. The molecule has 0 saturated heterocycles. The molecule has 1 unspecified atom stereocenters.